The first-order chi connectivity index (χ1) is 7.65. The lowest BCUT2D eigenvalue weighted by atomic mass is 9.79. The highest BCUT2D eigenvalue weighted by molar-refractivity contribution is 5.70. The molecule has 4 heteroatoms. The highest BCUT2D eigenvalue weighted by Crippen LogP contribution is 2.42. The van der Waals surface area contributed by atoms with E-state index < -0.39 is 5.79 Å². The summed E-state index contributed by atoms with van der Waals surface area (Å²) in [4.78, 5) is 11.3. The third kappa shape index (κ3) is 2.28. The Balaban J connectivity index is 2.00. The standard InChI is InChI=1S/C12H18O4/c1-9-3-4-12(15-5-6-16-12)8-10(9)7-11(13)14-2/h10H,1,3-8H2,2H3. The first kappa shape index (κ1) is 11.6. The van der Waals surface area contributed by atoms with Gasteiger partial charge in [-0.2, -0.15) is 0 Å². The minimum absolute atomic E-state index is 0.124. The largest absolute Gasteiger partial charge is 0.469 e. The molecule has 2 rings (SSSR count). The van der Waals surface area contributed by atoms with Crippen LogP contribution in [-0.2, 0) is 19.0 Å². The van der Waals surface area contributed by atoms with Crippen molar-refractivity contribution in [2.24, 2.45) is 5.92 Å². The second kappa shape index (κ2) is 4.55. The molecular formula is C12H18O4. The van der Waals surface area contributed by atoms with Crippen LogP contribution in [0.5, 0.6) is 0 Å². The predicted molar refractivity (Wildman–Crippen MR) is 57.7 cm³/mol. The second-order valence-corrected chi connectivity index (χ2v) is 4.45. The monoisotopic (exact) mass is 226 g/mol. The van der Waals surface area contributed by atoms with Gasteiger partial charge in [0.25, 0.3) is 0 Å². The molecule has 0 N–H and O–H groups in total. The molecule has 90 valence electrons. The molecule has 0 radical (unpaired) electrons. The quantitative estimate of drug-likeness (QED) is 0.530. The molecule has 1 saturated carbocycles. The van der Waals surface area contributed by atoms with Gasteiger partial charge in [-0.05, 0) is 12.3 Å². The molecule has 1 unspecified atom stereocenters. The average molecular weight is 226 g/mol. The van der Waals surface area contributed by atoms with Gasteiger partial charge in [-0.15, -0.1) is 0 Å². The molecule has 1 spiro atoms. The van der Waals surface area contributed by atoms with E-state index in [-0.39, 0.29) is 11.9 Å². The van der Waals surface area contributed by atoms with Gasteiger partial charge < -0.3 is 14.2 Å². The zero-order valence-electron chi connectivity index (χ0n) is 9.66. The number of hydrogen-bond donors (Lipinski definition) is 0. The van der Waals surface area contributed by atoms with Crippen LogP contribution in [0.2, 0.25) is 0 Å². The summed E-state index contributed by atoms with van der Waals surface area (Å²) in [6.45, 7) is 5.32. The van der Waals surface area contributed by atoms with Crippen molar-refractivity contribution in [3.05, 3.63) is 12.2 Å². The molecule has 0 bridgehead atoms. The van der Waals surface area contributed by atoms with Crippen molar-refractivity contribution in [3.63, 3.8) is 0 Å². The Hall–Kier alpha value is -0.870. The summed E-state index contributed by atoms with van der Waals surface area (Å²) in [7, 11) is 1.41. The maximum Gasteiger partial charge on any atom is 0.306 e. The van der Waals surface area contributed by atoms with Crippen LogP contribution in [-0.4, -0.2) is 32.1 Å². The maximum absolute atomic E-state index is 11.3. The highest BCUT2D eigenvalue weighted by atomic mass is 16.7. The molecule has 0 amide bonds. The Bertz CT molecular complexity index is 291. The predicted octanol–water partition coefficient (Wildman–Crippen LogP) is 1.65. The number of hydrogen-bond acceptors (Lipinski definition) is 4. The third-order valence-corrected chi connectivity index (χ3v) is 3.42. The van der Waals surface area contributed by atoms with Crippen molar-refractivity contribution in [3.8, 4) is 0 Å². The molecule has 4 nitrogen and oxygen atoms in total. The smallest absolute Gasteiger partial charge is 0.306 e. The molecule has 1 heterocycles. The number of ether oxygens (including phenoxy) is 3. The Morgan fingerprint density at radius 1 is 1.56 bits per heavy atom. The lowest BCUT2D eigenvalue weighted by Gasteiger charge is -2.37. The van der Waals surface area contributed by atoms with Gasteiger partial charge in [0, 0.05) is 12.8 Å². The van der Waals surface area contributed by atoms with E-state index in [2.05, 4.69) is 6.58 Å². The Labute approximate surface area is 95.6 Å². The molecule has 0 aromatic heterocycles. The minimum atomic E-state index is -0.458. The fourth-order valence-corrected chi connectivity index (χ4v) is 2.44. The first-order valence-corrected chi connectivity index (χ1v) is 5.68. The van der Waals surface area contributed by atoms with E-state index in [1.165, 1.54) is 7.11 Å². The summed E-state index contributed by atoms with van der Waals surface area (Å²) in [5.74, 6) is -0.527. The van der Waals surface area contributed by atoms with E-state index in [9.17, 15) is 4.79 Å². The van der Waals surface area contributed by atoms with E-state index in [0.717, 1.165) is 24.8 Å². The molecule has 1 saturated heterocycles. The normalized spacial score (nSPS) is 28.3. The van der Waals surface area contributed by atoms with Crippen molar-refractivity contribution in [1.29, 1.82) is 0 Å². The zero-order chi connectivity index (χ0) is 11.6. The van der Waals surface area contributed by atoms with Crippen LogP contribution in [0.1, 0.15) is 25.7 Å². The maximum atomic E-state index is 11.3. The average Bonchev–Trinajstić information content (AvgIpc) is 2.72. The van der Waals surface area contributed by atoms with Crippen LogP contribution in [0, 0.1) is 5.92 Å². The molecule has 16 heavy (non-hydrogen) atoms. The Morgan fingerprint density at radius 2 is 2.25 bits per heavy atom. The van der Waals surface area contributed by atoms with E-state index in [1.807, 2.05) is 0 Å². The summed E-state index contributed by atoms with van der Waals surface area (Å²) < 4.78 is 16.0. The van der Waals surface area contributed by atoms with Crippen molar-refractivity contribution >= 4 is 5.97 Å². The lowest BCUT2D eigenvalue weighted by molar-refractivity contribution is -0.181. The number of rotatable bonds is 2. The summed E-state index contributed by atoms with van der Waals surface area (Å²) in [5.41, 5.74) is 1.11. The van der Waals surface area contributed by atoms with Crippen LogP contribution in [0.4, 0.5) is 0 Å². The fourth-order valence-electron chi connectivity index (χ4n) is 2.44. The van der Waals surface area contributed by atoms with Gasteiger partial charge in [0.15, 0.2) is 5.79 Å². The van der Waals surface area contributed by atoms with Gasteiger partial charge >= 0.3 is 5.97 Å². The molecular weight excluding hydrogens is 208 g/mol. The molecule has 1 aliphatic carbocycles. The van der Waals surface area contributed by atoms with Crippen LogP contribution in [0.15, 0.2) is 12.2 Å². The van der Waals surface area contributed by atoms with Crippen molar-refractivity contribution < 1.29 is 19.0 Å². The van der Waals surface area contributed by atoms with Crippen LogP contribution >= 0.6 is 0 Å². The van der Waals surface area contributed by atoms with Gasteiger partial charge in [0.2, 0.25) is 0 Å². The SMILES string of the molecule is C=C1CCC2(CC1CC(=O)OC)OCCO2. The number of methoxy groups -OCH3 is 1. The van der Waals surface area contributed by atoms with Crippen LogP contribution in [0.25, 0.3) is 0 Å². The topological polar surface area (TPSA) is 44.8 Å². The molecule has 2 aliphatic rings. The van der Waals surface area contributed by atoms with Gasteiger partial charge in [-0.3, -0.25) is 4.79 Å². The summed E-state index contributed by atoms with van der Waals surface area (Å²) >= 11 is 0. The third-order valence-electron chi connectivity index (χ3n) is 3.42. The first-order valence-electron chi connectivity index (χ1n) is 5.68. The van der Waals surface area contributed by atoms with E-state index >= 15 is 0 Å². The molecule has 1 aliphatic heterocycles. The van der Waals surface area contributed by atoms with Gasteiger partial charge in [0.1, 0.15) is 0 Å². The molecule has 1 atom stereocenters. The fraction of sp³-hybridized carbons (Fsp3) is 0.750. The highest BCUT2D eigenvalue weighted by Gasteiger charge is 2.43. The number of carbonyl (C=O) groups is 1. The Kier molecular flexibility index (Phi) is 3.30. The second-order valence-electron chi connectivity index (χ2n) is 4.45. The van der Waals surface area contributed by atoms with Crippen molar-refractivity contribution in [2.45, 2.75) is 31.5 Å². The van der Waals surface area contributed by atoms with Crippen molar-refractivity contribution in [2.75, 3.05) is 20.3 Å². The molecule has 0 aromatic carbocycles. The van der Waals surface area contributed by atoms with E-state index in [1.54, 1.807) is 0 Å². The number of allylic oxidation sites excluding steroid dienone is 1. The van der Waals surface area contributed by atoms with E-state index in [4.69, 9.17) is 14.2 Å². The van der Waals surface area contributed by atoms with Crippen LogP contribution < -0.4 is 0 Å². The van der Waals surface area contributed by atoms with Gasteiger partial charge in [0.05, 0.1) is 26.7 Å². The molecule has 2 fully saturated rings. The number of carbonyl (C=O) groups excluding carboxylic acids is 1. The molecule has 0 aromatic rings. The number of esters is 1. The van der Waals surface area contributed by atoms with Crippen molar-refractivity contribution in [1.82, 2.24) is 0 Å². The summed E-state index contributed by atoms with van der Waals surface area (Å²) in [6.07, 6.45) is 2.82. The van der Waals surface area contributed by atoms with Gasteiger partial charge in [-0.1, -0.05) is 12.2 Å². The zero-order valence-corrected chi connectivity index (χ0v) is 9.66. The Morgan fingerprint density at radius 3 is 2.88 bits per heavy atom. The van der Waals surface area contributed by atoms with E-state index in [0.29, 0.717) is 19.6 Å². The summed E-state index contributed by atoms with van der Waals surface area (Å²) in [6, 6.07) is 0. The van der Waals surface area contributed by atoms with Crippen LogP contribution in [0.3, 0.4) is 0 Å². The minimum Gasteiger partial charge on any atom is -0.469 e. The summed E-state index contributed by atoms with van der Waals surface area (Å²) in [5, 5.41) is 0. The lowest BCUT2D eigenvalue weighted by Crippen LogP contribution is -2.37. The van der Waals surface area contributed by atoms with Gasteiger partial charge in [-0.25, -0.2) is 0 Å².